The van der Waals surface area contributed by atoms with E-state index in [9.17, 15) is 8.42 Å². The van der Waals surface area contributed by atoms with Crippen LogP contribution in [0, 0.1) is 0 Å². The second-order valence-electron chi connectivity index (χ2n) is 4.27. The first-order valence-corrected chi connectivity index (χ1v) is 7.38. The lowest BCUT2D eigenvalue weighted by molar-refractivity contribution is 0.0901. The topological polar surface area (TPSA) is 81.4 Å². The Labute approximate surface area is 97.8 Å². The molecule has 6 heteroatoms. The van der Waals surface area contributed by atoms with Crippen LogP contribution in [0.5, 0.6) is 0 Å². The molecule has 1 fully saturated rings. The zero-order valence-electron chi connectivity index (χ0n) is 9.98. The van der Waals surface area contributed by atoms with Crippen LogP contribution in [-0.2, 0) is 14.8 Å². The van der Waals surface area contributed by atoms with E-state index in [0.29, 0.717) is 6.42 Å². The number of ether oxygens (including phenoxy) is 1. The molecule has 16 heavy (non-hydrogen) atoms. The Balaban J connectivity index is 2.57. The summed E-state index contributed by atoms with van der Waals surface area (Å²) in [6, 6.07) is -0.173. The van der Waals surface area contributed by atoms with E-state index in [1.54, 1.807) is 0 Å². The fourth-order valence-electron chi connectivity index (χ4n) is 1.94. The van der Waals surface area contributed by atoms with Crippen LogP contribution in [0.1, 0.15) is 33.1 Å². The summed E-state index contributed by atoms with van der Waals surface area (Å²) in [5.74, 6) is 0. The molecule has 96 valence electrons. The van der Waals surface area contributed by atoms with Gasteiger partial charge in [-0.2, -0.15) is 0 Å². The van der Waals surface area contributed by atoms with Crippen molar-refractivity contribution in [2.45, 2.75) is 50.5 Å². The van der Waals surface area contributed by atoms with Crippen molar-refractivity contribution in [3.8, 4) is 0 Å². The summed E-state index contributed by atoms with van der Waals surface area (Å²) in [4.78, 5) is 0. The third kappa shape index (κ3) is 3.41. The van der Waals surface area contributed by atoms with E-state index in [4.69, 9.17) is 10.5 Å². The molecule has 3 unspecified atom stereocenters. The molecule has 0 amide bonds. The van der Waals surface area contributed by atoms with Gasteiger partial charge in [0.1, 0.15) is 0 Å². The number of rotatable bonds is 6. The largest absolute Gasteiger partial charge is 0.377 e. The molecular weight excluding hydrogens is 228 g/mol. The Bertz CT molecular complexity index is 295. The van der Waals surface area contributed by atoms with Crippen molar-refractivity contribution in [2.24, 2.45) is 5.73 Å². The first-order chi connectivity index (χ1) is 7.51. The molecule has 0 saturated carbocycles. The maximum Gasteiger partial charge on any atom is 0.216 e. The van der Waals surface area contributed by atoms with Gasteiger partial charge in [-0.15, -0.1) is 0 Å². The van der Waals surface area contributed by atoms with Crippen molar-refractivity contribution in [1.82, 2.24) is 4.72 Å². The second kappa shape index (κ2) is 5.95. The van der Waals surface area contributed by atoms with Gasteiger partial charge in [-0.1, -0.05) is 6.92 Å². The van der Waals surface area contributed by atoms with Gasteiger partial charge in [-0.3, -0.25) is 0 Å². The van der Waals surface area contributed by atoms with E-state index in [1.807, 2.05) is 13.8 Å². The zero-order chi connectivity index (χ0) is 12.2. The maximum absolute atomic E-state index is 11.9. The van der Waals surface area contributed by atoms with Crippen LogP contribution in [-0.4, -0.2) is 39.0 Å². The van der Waals surface area contributed by atoms with Crippen LogP contribution < -0.4 is 10.5 Å². The van der Waals surface area contributed by atoms with Gasteiger partial charge in [0, 0.05) is 19.2 Å². The summed E-state index contributed by atoms with van der Waals surface area (Å²) in [5, 5.41) is -0.503. The molecule has 1 aliphatic heterocycles. The fraction of sp³-hybridized carbons (Fsp3) is 1.00. The van der Waals surface area contributed by atoms with Crippen molar-refractivity contribution >= 4 is 10.0 Å². The highest BCUT2D eigenvalue weighted by molar-refractivity contribution is 7.90. The number of nitrogens with two attached hydrogens (primary N) is 1. The van der Waals surface area contributed by atoms with E-state index in [0.717, 1.165) is 19.4 Å². The Hall–Kier alpha value is -0.170. The lowest BCUT2D eigenvalue weighted by Crippen LogP contribution is -2.46. The lowest BCUT2D eigenvalue weighted by atomic mass is 10.1. The van der Waals surface area contributed by atoms with E-state index in [-0.39, 0.29) is 18.7 Å². The van der Waals surface area contributed by atoms with Gasteiger partial charge in [0.15, 0.2) is 0 Å². The fourth-order valence-corrected chi connectivity index (χ4v) is 3.50. The van der Waals surface area contributed by atoms with Crippen LogP contribution in [0.2, 0.25) is 0 Å². The van der Waals surface area contributed by atoms with E-state index in [1.165, 1.54) is 0 Å². The molecule has 3 N–H and O–H groups in total. The zero-order valence-corrected chi connectivity index (χ0v) is 10.8. The highest BCUT2D eigenvalue weighted by Gasteiger charge is 2.29. The quantitative estimate of drug-likeness (QED) is 0.706. The Morgan fingerprint density at radius 3 is 2.69 bits per heavy atom. The van der Waals surface area contributed by atoms with Crippen LogP contribution in [0.3, 0.4) is 0 Å². The van der Waals surface area contributed by atoms with Crippen LogP contribution >= 0.6 is 0 Å². The number of sulfonamides is 1. The summed E-state index contributed by atoms with van der Waals surface area (Å²) < 4.78 is 31.9. The Morgan fingerprint density at radius 1 is 1.56 bits per heavy atom. The highest BCUT2D eigenvalue weighted by atomic mass is 32.2. The molecule has 0 aromatic heterocycles. The van der Waals surface area contributed by atoms with Gasteiger partial charge in [0.05, 0.1) is 11.4 Å². The Morgan fingerprint density at radius 2 is 2.25 bits per heavy atom. The average Bonchev–Trinajstić information content (AvgIpc) is 2.70. The molecule has 1 heterocycles. The minimum Gasteiger partial charge on any atom is -0.377 e. The van der Waals surface area contributed by atoms with Crippen molar-refractivity contribution < 1.29 is 13.2 Å². The molecule has 3 atom stereocenters. The third-order valence-electron chi connectivity index (χ3n) is 3.03. The summed E-state index contributed by atoms with van der Waals surface area (Å²) in [5.41, 5.74) is 5.45. The van der Waals surface area contributed by atoms with E-state index >= 15 is 0 Å². The standard InChI is InChI=1S/C10H22N2O3S/c1-3-9(7-11)16(13,14)12-8(2)10-5-4-6-15-10/h8-10,12H,3-7,11H2,1-2H3. The van der Waals surface area contributed by atoms with Crippen molar-refractivity contribution in [3.63, 3.8) is 0 Å². The molecule has 5 nitrogen and oxygen atoms in total. The van der Waals surface area contributed by atoms with Gasteiger partial charge in [0.25, 0.3) is 0 Å². The first kappa shape index (κ1) is 13.9. The van der Waals surface area contributed by atoms with Gasteiger partial charge < -0.3 is 10.5 Å². The smallest absolute Gasteiger partial charge is 0.216 e. The lowest BCUT2D eigenvalue weighted by Gasteiger charge is -2.23. The summed E-state index contributed by atoms with van der Waals surface area (Å²) in [6.45, 7) is 4.55. The van der Waals surface area contributed by atoms with Gasteiger partial charge in [-0.25, -0.2) is 13.1 Å². The summed E-state index contributed by atoms with van der Waals surface area (Å²) in [6.07, 6.45) is 2.46. The monoisotopic (exact) mass is 250 g/mol. The number of hydrogen-bond acceptors (Lipinski definition) is 4. The second-order valence-corrected chi connectivity index (χ2v) is 6.26. The van der Waals surface area contributed by atoms with E-state index < -0.39 is 15.3 Å². The number of hydrogen-bond donors (Lipinski definition) is 2. The van der Waals surface area contributed by atoms with E-state index in [2.05, 4.69) is 4.72 Å². The predicted octanol–water partition coefficient (Wildman–Crippen LogP) is 0.211. The van der Waals surface area contributed by atoms with Crippen molar-refractivity contribution in [2.75, 3.05) is 13.2 Å². The molecule has 0 aliphatic carbocycles. The van der Waals surface area contributed by atoms with Crippen LogP contribution in [0.4, 0.5) is 0 Å². The number of nitrogens with one attached hydrogen (secondary N) is 1. The molecule has 0 spiro atoms. The highest BCUT2D eigenvalue weighted by Crippen LogP contribution is 2.16. The molecule has 0 radical (unpaired) electrons. The molecular formula is C10H22N2O3S. The summed E-state index contributed by atoms with van der Waals surface area (Å²) in [7, 11) is -3.31. The van der Waals surface area contributed by atoms with Gasteiger partial charge in [0.2, 0.25) is 10.0 Å². The average molecular weight is 250 g/mol. The first-order valence-electron chi connectivity index (χ1n) is 5.84. The summed E-state index contributed by atoms with van der Waals surface area (Å²) >= 11 is 0. The SMILES string of the molecule is CCC(CN)S(=O)(=O)NC(C)C1CCCO1. The predicted molar refractivity (Wildman–Crippen MR) is 63.6 cm³/mol. The maximum atomic E-state index is 11.9. The molecule has 1 saturated heterocycles. The molecule has 1 aliphatic rings. The van der Waals surface area contributed by atoms with Crippen LogP contribution in [0.25, 0.3) is 0 Å². The molecule has 0 bridgehead atoms. The minimum absolute atomic E-state index is 0.00468. The molecule has 1 rings (SSSR count). The van der Waals surface area contributed by atoms with Crippen LogP contribution in [0.15, 0.2) is 0 Å². The van der Waals surface area contributed by atoms with Crippen molar-refractivity contribution in [1.29, 1.82) is 0 Å². The molecule has 0 aromatic carbocycles. The minimum atomic E-state index is -3.31. The Kier molecular flexibility index (Phi) is 5.17. The van der Waals surface area contributed by atoms with Gasteiger partial charge >= 0.3 is 0 Å². The normalized spacial score (nSPS) is 25.6. The third-order valence-corrected chi connectivity index (χ3v) is 5.13. The van der Waals surface area contributed by atoms with Gasteiger partial charge in [-0.05, 0) is 26.2 Å². The molecule has 0 aromatic rings. The van der Waals surface area contributed by atoms with Crippen molar-refractivity contribution in [3.05, 3.63) is 0 Å².